The fraction of sp³-hybridized carbons (Fsp3) is 0.577. The van der Waals surface area contributed by atoms with Gasteiger partial charge in [0.1, 0.15) is 6.04 Å². The lowest BCUT2D eigenvalue weighted by Crippen LogP contribution is -2.54. The van der Waals surface area contributed by atoms with Crippen molar-refractivity contribution < 1.29 is 9.59 Å². The Morgan fingerprint density at radius 2 is 2.03 bits per heavy atom. The molecule has 4 rings (SSSR count). The summed E-state index contributed by atoms with van der Waals surface area (Å²) in [5.41, 5.74) is 8.94. The van der Waals surface area contributed by atoms with E-state index in [0.29, 0.717) is 18.5 Å². The number of rotatable bonds is 7. The van der Waals surface area contributed by atoms with Gasteiger partial charge in [0.15, 0.2) is 0 Å². The lowest BCUT2D eigenvalue weighted by atomic mass is 9.99. The molecular weight excluding hydrogens is 414 g/mol. The molecule has 0 radical (unpaired) electrons. The van der Waals surface area contributed by atoms with E-state index in [1.807, 2.05) is 36.9 Å². The van der Waals surface area contributed by atoms with E-state index >= 15 is 0 Å². The minimum absolute atomic E-state index is 0.0463. The highest BCUT2D eigenvalue weighted by Gasteiger charge is 2.42. The van der Waals surface area contributed by atoms with Crippen LogP contribution in [0, 0.1) is 17.2 Å². The zero-order chi connectivity index (χ0) is 23.7. The highest BCUT2D eigenvalue weighted by Crippen LogP contribution is 2.29. The first-order valence-electron chi connectivity index (χ1n) is 12.2. The summed E-state index contributed by atoms with van der Waals surface area (Å²) in [6.07, 6.45) is 4.38. The van der Waals surface area contributed by atoms with Gasteiger partial charge in [-0.2, -0.15) is 5.26 Å². The van der Waals surface area contributed by atoms with Crippen LogP contribution in [0.25, 0.3) is 10.9 Å². The Morgan fingerprint density at radius 3 is 2.67 bits per heavy atom. The standard InChI is InChI=1S/C26H35N5O2/c1-4-29-21(15-19-8-7-18(16-27)14-23(19)29)10-9-20-6-5-12-30(20)26(33)24(17(2)3)31-13-11-22(28)25(31)32/h7-8,14-15,17,20,22,24H,4-6,9-13,28H2,1-3H3/t20-,22-,24-/m0/s1. The number of aromatic nitrogens is 1. The number of amides is 2. The van der Waals surface area contributed by atoms with E-state index in [0.717, 1.165) is 49.7 Å². The molecule has 2 aromatic rings. The van der Waals surface area contributed by atoms with E-state index in [9.17, 15) is 14.9 Å². The molecular formula is C26H35N5O2. The van der Waals surface area contributed by atoms with Crippen molar-refractivity contribution in [1.29, 1.82) is 5.26 Å². The molecule has 7 nitrogen and oxygen atoms in total. The number of hydrogen-bond acceptors (Lipinski definition) is 4. The number of nitriles is 1. The van der Waals surface area contributed by atoms with E-state index in [2.05, 4.69) is 23.6 Å². The Morgan fingerprint density at radius 1 is 1.24 bits per heavy atom. The summed E-state index contributed by atoms with van der Waals surface area (Å²) in [6, 6.07) is 9.54. The number of likely N-dealkylation sites (tertiary alicyclic amines) is 2. The first-order chi connectivity index (χ1) is 15.8. The third kappa shape index (κ3) is 4.37. The normalized spacial score (nSPS) is 21.9. The summed E-state index contributed by atoms with van der Waals surface area (Å²) in [5.74, 6) is 0.0246. The number of nitrogens with zero attached hydrogens (tertiary/aromatic N) is 4. The Hall–Kier alpha value is -2.85. The first kappa shape index (κ1) is 23.3. The van der Waals surface area contributed by atoms with E-state index in [-0.39, 0.29) is 23.8 Å². The molecule has 7 heteroatoms. The lowest BCUT2D eigenvalue weighted by Gasteiger charge is -2.35. The van der Waals surface area contributed by atoms with E-state index < -0.39 is 12.1 Å². The molecule has 0 aliphatic carbocycles. The largest absolute Gasteiger partial charge is 0.345 e. The number of hydrogen-bond donors (Lipinski definition) is 1. The monoisotopic (exact) mass is 449 g/mol. The van der Waals surface area contributed by atoms with Gasteiger partial charge in [-0.15, -0.1) is 0 Å². The minimum Gasteiger partial charge on any atom is -0.345 e. The maximum atomic E-state index is 13.6. The number of nitrogens with two attached hydrogens (primary N) is 1. The van der Waals surface area contributed by atoms with Gasteiger partial charge in [0.25, 0.3) is 0 Å². The average Bonchev–Trinajstić information content (AvgIpc) is 3.50. The Labute approximate surface area is 196 Å². The Bertz CT molecular complexity index is 1080. The molecule has 2 amide bonds. The molecule has 33 heavy (non-hydrogen) atoms. The van der Waals surface area contributed by atoms with Gasteiger partial charge in [-0.05, 0) is 68.5 Å². The van der Waals surface area contributed by atoms with Crippen molar-refractivity contribution in [2.45, 2.75) is 77.5 Å². The van der Waals surface area contributed by atoms with Crippen LogP contribution in [0.5, 0.6) is 0 Å². The molecule has 1 aromatic heterocycles. The Kier molecular flexibility index (Phi) is 6.76. The predicted octanol–water partition coefficient (Wildman–Crippen LogP) is 3.04. The molecule has 2 aliphatic heterocycles. The van der Waals surface area contributed by atoms with Crippen molar-refractivity contribution in [2.24, 2.45) is 11.7 Å². The van der Waals surface area contributed by atoms with Gasteiger partial charge in [-0.1, -0.05) is 19.9 Å². The molecule has 0 bridgehead atoms. The van der Waals surface area contributed by atoms with Gasteiger partial charge < -0.3 is 20.1 Å². The van der Waals surface area contributed by atoms with Gasteiger partial charge in [0, 0.05) is 36.9 Å². The molecule has 0 unspecified atom stereocenters. The van der Waals surface area contributed by atoms with Crippen molar-refractivity contribution >= 4 is 22.7 Å². The molecule has 2 saturated heterocycles. The summed E-state index contributed by atoms with van der Waals surface area (Å²) in [4.78, 5) is 29.9. The molecule has 176 valence electrons. The van der Waals surface area contributed by atoms with Crippen LogP contribution in [-0.4, -0.2) is 57.4 Å². The van der Waals surface area contributed by atoms with Crippen molar-refractivity contribution in [1.82, 2.24) is 14.4 Å². The summed E-state index contributed by atoms with van der Waals surface area (Å²) in [7, 11) is 0. The van der Waals surface area contributed by atoms with Gasteiger partial charge in [0.2, 0.25) is 11.8 Å². The molecule has 0 spiro atoms. The molecule has 3 atom stereocenters. The number of aryl methyl sites for hydroxylation is 2. The third-order valence-corrected chi connectivity index (χ3v) is 7.33. The molecule has 2 aliphatic rings. The van der Waals surface area contributed by atoms with Crippen molar-refractivity contribution in [3.05, 3.63) is 35.5 Å². The Balaban J connectivity index is 1.50. The van der Waals surface area contributed by atoms with Gasteiger partial charge in [0.05, 0.1) is 17.7 Å². The summed E-state index contributed by atoms with van der Waals surface area (Å²) < 4.78 is 2.28. The quantitative estimate of drug-likeness (QED) is 0.703. The van der Waals surface area contributed by atoms with E-state index in [1.165, 1.54) is 5.69 Å². The molecule has 1 aromatic carbocycles. The SMILES string of the molecule is CCn1c(CC[C@@H]2CCCN2C(=O)[C@H](C(C)C)N2CC[C@H](N)C2=O)cc2ccc(C#N)cc21. The fourth-order valence-corrected chi connectivity index (χ4v) is 5.65. The van der Waals surface area contributed by atoms with Crippen LogP contribution in [0.2, 0.25) is 0 Å². The van der Waals surface area contributed by atoms with Crippen molar-refractivity contribution in [3.8, 4) is 6.07 Å². The number of benzene rings is 1. The molecule has 2 N–H and O–H groups in total. The van der Waals surface area contributed by atoms with Crippen LogP contribution in [0.4, 0.5) is 0 Å². The van der Waals surface area contributed by atoms with Crippen LogP contribution in [0.1, 0.15) is 57.7 Å². The summed E-state index contributed by atoms with van der Waals surface area (Å²) in [5, 5.41) is 10.4. The molecule has 0 saturated carbocycles. The van der Waals surface area contributed by atoms with Crippen molar-refractivity contribution in [3.63, 3.8) is 0 Å². The van der Waals surface area contributed by atoms with Crippen LogP contribution in [0.15, 0.2) is 24.3 Å². The van der Waals surface area contributed by atoms with Crippen LogP contribution >= 0.6 is 0 Å². The summed E-state index contributed by atoms with van der Waals surface area (Å²) in [6.45, 7) is 8.31. The van der Waals surface area contributed by atoms with Crippen molar-refractivity contribution in [2.75, 3.05) is 13.1 Å². The van der Waals surface area contributed by atoms with Crippen LogP contribution < -0.4 is 5.73 Å². The lowest BCUT2D eigenvalue weighted by molar-refractivity contribution is -0.146. The highest BCUT2D eigenvalue weighted by molar-refractivity contribution is 5.91. The second kappa shape index (κ2) is 9.56. The van der Waals surface area contributed by atoms with Gasteiger partial charge in [-0.3, -0.25) is 9.59 Å². The van der Waals surface area contributed by atoms with Crippen LogP contribution in [0.3, 0.4) is 0 Å². The van der Waals surface area contributed by atoms with Gasteiger partial charge >= 0.3 is 0 Å². The predicted molar refractivity (Wildman–Crippen MR) is 128 cm³/mol. The number of carbonyl (C=O) groups excluding carboxylic acids is 2. The third-order valence-electron chi connectivity index (χ3n) is 7.33. The topological polar surface area (TPSA) is 95.4 Å². The minimum atomic E-state index is -0.481. The zero-order valence-electron chi connectivity index (χ0n) is 20.0. The first-order valence-corrected chi connectivity index (χ1v) is 12.2. The maximum absolute atomic E-state index is 13.6. The van der Waals surface area contributed by atoms with Crippen LogP contribution in [-0.2, 0) is 22.6 Å². The highest BCUT2D eigenvalue weighted by atomic mass is 16.2. The number of carbonyl (C=O) groups is 2. The second-order valence-electron chi connectivity index (χ2n) is 9.75. The molecule has 2 fully saturated rings. The number of fused-ring (bicyclic) bond motifs is 1. The maximum Gasteiger partial charge on any atom is 0.245 e. The van der Waals surface area contributed by atoms with E-state index in [4.69, 9.17) is 5.73 Å². The zero-order valence-corrected chi connectivity index (χ0v) is 20.0. The fourth-order valence-electron chi connectivity index (χ4n) is 5.65. The van der Waals surface area contributed by atoms with Gasteiger partial charge in [-0.25, -0.2) is 0 Å². The molecule has 3 heterocycles. The summed E-state index contributed by atoms with van der Waals surface area (Å²) >= 11 is 0. The average molecular weight is 450 g/mol. The smallest absolute Gasteiger partial charge is 0.245 e. The van der Waals surface area contributed by atoms with E-state index in [1.54, 1.807) is 4.90 Å². The second-order valence-corrected chi connectivity index (χ2v) is 9.75.